The monoisotopic (exact) mass is 326 g/mol. The van der Waals surface area contributed by atoms with Gasteiger partial charge in [0, 0.05) is 16.7 Å². The van der Waals surface area contributed by atoms with Crippen LogP contribution in [0.5, 0.6) is 0 Å². The molecule has 0 aliphatic carbocycles. The molecule has 2 N–H and O–H groups in total. The van der Waals surface area contributed by atoms with Gasteiger partial charge >= 0.3 is 0 Å². The van der Waals surface area contributed by atoms with Gasteiger partial charge in [-0.3, -0.25) is 9.59 Å². The summed E-state index contributed by atoms with van der Waals surface area (Å²) in [5, 5.41) is 3.09. The molecule has 0 aliphatic rings. The molecule has 0 fully saturated rings. The van der Waals surface area contributed by atoms with Crippen LogP contribution in [0, 0.1) is 0 Å². The Hall–Kier alpha value is -1.59. The van der Waals surface area contributed by atoms with Crippen molar-refractivity contribution in [2.24, 2.45) is 0 Å². The van der Waals surface area contributed by atoms with Gasteiger partial charge in [0.2, 0.25) is 5.56 Å². The number of H-pyrrole nitrogens is 1. The van der Waals surface area contributed by atoms with E-state index in [2.05, 4.69) is 26.2 Å². The van der Waals surface area contributed by atoms with E-state index in [0.717, 1.165) is 4.47 Å². The third kappa shape index (κ3) is 3.00. The predicted octanol–water partition coefficient (Wildman–Crippen LogP) is 3.04. The number of aromatic amines is 1. The highest BCUT2D eigenvalue weighted by molar-refractivity contribution is 9.10. The lowest BCUT2D eigenvalue weighted by Crippen LogP contribution is -2.14. The number of pyridine rings is 1. The fourth-order valence-corrected chi connectivity index (χ4v) is 2.06. The molecule has 0 unspecified atom stereocenters. The van der Waals surface area contributed by atoms with Crippen LogP contribution in [0.25, 0.3) is 0 Å². The second-order valence-corrected chi connectivity index (χ2v) is 4.84. The summed E-state index contributed by atoms with van der Waals surface area (Å²) in [6.45, 7) is 0. The van der Waals surface area contributed by atoms with Crippen molar-refractivity contribution >= 4 is 39.1 Å². The molecule has 0 aliphatic heterocycles. The van der Waals surface area contributed by atoms with Crippen LogP contribution >= 0.6 is 27.5 Å². The molecule has 2 rings (SSSR count). The fourth-order valence-electron chi connectivity index (χ4n) is 1.34. The van der Waals surface area contributed by atoms with Crippen LogP contribution in [0.1, 0.15) is 10.4 Å². The summed E-state index contributed by atoms with van der Waals surface area (Å²) in [6, 6.07) is 7.88. The Morgan fingerprint density at radius 3 is 2.67 bits per heavy atom. The number of aromatic nitrogens is 1. The summed E-state index contributed by atoms with van der Waals surface area (Å²) >= 11 is 9.26. The maximum atomic E-state index is 11.9. The summed E-state index contributed by atoms with van der Waals surface area (Å²) in [7, 11) is 0. The van der Waals surface area contributed by atoms with E-state index in [4.69, 9.17) is 11.6 Å². The van der Waals surface area contributed by atoms with Crippen molar-refractivity contribution in [1.29, 1.82) is 0 Å². The molecule has 4 nitrogen and oxygen atoms in total. The Morgan fingerprint density at radius 1 is 1.28 bits per heavy atom. The van der Waals surface area contributed by atoms with Crippen LogP contribution < -0.4 is 10.9 Å². The van der Waals surface area contributed by atoms with Crippen LogP contribution in [-0.4, -0.2) is 10.9 Å². The van der Waals surface area contributed by atoms with Crippen LogP contribution in [-0.2, 0) is 0 Å². The molecule has 0 radical (unpaired) electrons. The number of amides is 1. The minimum atomic E-state index is -0.338. The third-order valence-electron chi connectivity index (χ3n) is 2.23. The lowest BCUT2D eigenvalue weighted by Gasteiger charge is -2.07. The zero-order chi connectivity index (χ0) is 13.1. The molecule has 92 valence electrons. The molecular weight excluding hydrogens is 320 g/mol. The molecule has 1 aromatic carbocycles. The number of hydrogen-bond donors (Lipinski definition) is 2. The lowest BCUT2D eigenvalue weighted by molar-refractivity contribution is 0.102. The summed E-state index contributed by atoms with van der Waals surface area (Å²) < 4.78 is 0.828. The first-order valence-electron chi connectivity index (χ1n) is 5.01. The second kappa shape index (κ2) is 5.37. The van der Waals surface area contributed by atoms with Crippen LogP contribution in [0.3, 0.4) is 0 Å². The van der Waals surface area contributed by atoms with E-state index in [1.165, 1.54) is 18.3 Å². The molecule has 0 saturated heterocycles. The molecular formula is C12H8BrClN2O2. The highest BCUT2D eigenvalue weighted by Crippen LogP contribution is 2.25. The average molecular weight is 328 g/mol. The Bertz CT molecular complexity index is 634. The van der Waals surface area contributed by atoms with Gasteiger partial charge in [0.1, 0.15) is 0 Å². The van der Waals surface area contributed by atoms with Crippen molar-refractivity contribution in [3.05, 3.63) is 61.9 Å². The SMILES string of the molecule is O=C(Nc1ccc(Br)cc1Cl)c1ccc(=O)[nH]c1. The zero-order valence-corrected chi connectivity index (χ0v) is 11.4. The van der Waals surface area contributed by atoms with Crippen LogP contribution in [0.4, 0.5) is 5.69 Å². The van der Waals surface area contributed by atoms with Gasteiger partial charge in [0.15, 0.2) is 0 Å². The van der Waals surface area contributed by atoms with E-state index in [0.29, 0.717) is 16.3 Å². The Balaban J connectivity index is 2.21. The highest BCUT2D eigenvalue weighted by atomic mass is 79.9. The van der Waals surface area contributed by atoms with Gasteiger partial charge in [-0.2, -0.15) is 0 Å². The molecule has 0 atom stereocenters. The van der Waals surface area contributed by atoms with Crippen molar-refractivity contribution in [2.75, 3.05) is 5.32 Å². The van der Waals surface area contributed by atoms with E-state index in [-0.39, 0.29) is 11.5 Å². The molecule has 0 spiro atoms. The normalized spacial score (nSPS) is 10.1. The first kappa shape index (κ1) is 12.9. The quantitative estimate of drug-likeness (QED) is 0.890. The van der Waals surface area contributed by atoms with Gasteiger partial charge in [-0.15, -0.1) is 0 Å². The third-order valence-corrected chi connectivity index (χ3v) is 3.03. The van der Waals surface area contributed by atoms with Crippen molar-refractivity contribution in [2.45, 2.75) is 0 Å². The molecule has 6 heteroatoms. The van der Waals surface area contributed by atoms with E-state index >= 15 is 0 Å². The first-order chi connectivity index (χ1) is 8.56. The van der Waals surface area contributed by atoms with E-state index < -0.39 is 0 Å². The Labute approximate surface area is 116 Å². The molecule has 1 heterocycles. The second-order valence-electron chi connectivity index (χ2n) is 3.52. The van der Waals surface area contributed by atoms with E-state index in [1.54, 1.807) is 18.2 Å². The summed E-state index contributed by atoms with van der Waals surface area (Å²) in [6.07, 6.45) is 1.35. The smallest absolute Gasteiger partial charge is 0.257 e. The first-order valence-corrected chi connectivity index (χ1v) is 6.18. The molecule has 1 amide bonds. The number of halogens is 2. The van der Waals surface area contributed by atoms with E-state index in [9.17, 15) is 9.59 Å². The van der Waals surface area contributed by atoms with Crippen molar-refractivity contribution < 1.29 is 4.79 Å². The average Bonchev–Trinajstić information content (AvgIpc) is 2.33. The predicted molar refractivity (Wildman–Crippen MR) is 74.2 cm³/mol. The molecule has 2 aromatic rings. The maximum absolute atomic E-state index is 11.9. The van der Waals surface area contributed by atoms with Crippen LogP contribution in [0.15, 0.2) is 45.8 Å². The number of rotatable bonds is 2. The van der Waals surface area contributed by atoms with Gasteiger partial charge in [-0.25, -0.2) is 0 Å². The standard InChI is InChI=1S/C12H8BrClN2O2/c13-8-2-3-10(9(14)5-8)16-12(18)7-1-4-11(17)15-6-7/h1-6H,(H,15,17)(H,16,18). The van der Waals surface area contributed by atoms with Crippen molar-refractivity contribution in [3.8, 4) is 0 Å². The molecule has 18 heavy (non-hydrogen) atoms. The maximum Gasteiger partial charge on any atom is 0.257 e. The summed E-state index contributed by atoms with van der Waals surface area (Å²) in [5.41, 5.74) is 0.609. The number of carbonyl (C=O) groups is 1. The van der Waals surface area contributed by atoms with Gasteiger partial charge in [-0.05, 0) is 24.3 Å². The fraction of sp³-hybridized carbons (Fsp3) is 0. The topological polar surface area (TPSA) is 62.0 Å². The number of hydrogen-bond acceptors (Lipinski definition) is 2. The largest absolute Gasteiger partial charge is 0.328 e. The van der Waals surface area contributed by atoms with Crippen molar-refractivity contribution in [1.82, 2.24) is 4.98 Å². The van der Waals surface area contributed by atoms with Gasteiger partial charge in [-0.1, -0.05) is 27.5 Å². The number of nitrogens with one attached hydrogen (secondary N) is 2. The number of carbonyl (C=O) groups excluding carboxylic acids is 1. The zero-order valence-electron chi connectivity index (χ0n) is 9.04. The molecule has 0 bridgehead atoms. The Morgan fingerprint density at radius 2 is 2.06 bits per heavy atom. The lowest BCUT2D eigenvalue weighted by atomic mass is 10.2. The minimum absolute atomic E-state index is 0.256. The van der Waals surface area contributed by atoms with Crippen molar-refractivity contribution in [3.63, 3.8) is 0 Å². The van der Waals surface area contributed by atoms with E-state index in [1.807, 2.05) is 0 Å². The van der Waals surface area contributed by atoms with Crippen LogP contribution in [0.2, 0.25) is 5.02 Å². The van der Waals surface area contributed by atoms with Gasteiger partial charge in [0.05, 0.1) is 16.3 Å². The highest BCUT2D eigenvalue weighted by Gasteiger charge is 2.08. The molecule has 0 saturated carbocycles. The van der Waals surface area contributed by atoms with Gasteiger partial charge < -0.3 is 10.3 Å². The summed E-state index contributed by atoms with van der Waals surface area (Å²) in [5.74, 6) is -0.338. The van der Waals surface area contributed by atoms with Gasteiger partial charge in [0.25, 0.3) is 5.91 Å². The number of anilines is 1. The number of benzene rings is 1. The minimum Gasteiger partial charge on any atom is -0.328 e. The molecule has 1 aromatic heterocycles. The Kier molecular flexibility index (Phi) is 3.84. The summed E-state index contributed by atoms with van der Waals surface area (Å²) in [4.78, 5) is 25.2.